The van der Waals surface area contributed by atoms with Crippen LogP contribution in [0.15, 0.2) is 24.3 Å². The lowest BCUT2D eigenvalue weighted by Crippen LogP contribution is -2.38. The van der Waals surface area contributed by atoms with Crippen LogP contribution in [0.2, 0.25) is 0 Å². The molecule has 0 radical (unpaired) electrons. The van der Waals surface area contributed by atoms with E-state index in [1.165, 1.54) is 11.1 Å². The van der Waals surface area contributed by atoms with Gasteiger partial charge in [-0.2, -0.15) is 0 Å². The second-order valence-corrected chi connectivity index (χ2v) is 5.54. The Hall–Kier alpha value is -1.35. The topological polar surface area (TPSA) is 55.1 Å². The van der Waals surface area contributed by atoms with E-state index in [4.69, 9.17) is 5.73 Å². The van der Waals surface area contributed by atoms with Crippen LogP contribution in [0, 0.1) is 5.92 Å². The third-order valence-corrected chi connectivity index (χ3v) is 3.54. The Morgan fingerprint density at radius 2 is 2.17 bits per heavy atom. The smallest absolute Gasteiger partial charge is 0.220 e. The number of benzene rings is 1. The van der Waals surface area contributed by atoms with Gasteiger partial charge in [0.1, 0.15) is 0 Å². The summed E-state index contributed by atoms with van der Waals surface area (Å²) in [5.74, 6) is 0.668. The van der Waals surface area contributed by atoms with Crippen molar-refractivity contribution in [1.29, 1.82) is 0 Å². The number of amides is 1. The molecule has 0 aromatic heterocycles. The van der Waals surface area contributed by atoms with Gasteiger partial charge in [-0.15, -0.1) is 0 Å². The molecule has 0 fully saturated rings. The molecular formula is C15H22N2O. The summed E-state index contributed by atoms with van der Waals surface area (Å²) < 4.78 is 0. The van der Waals surface area contributed by atoms with Gasteiger partial charge in [-0.3, -0.25) is 4.79 Å². The summed E-state index contributed by atoms with van der Waals surface area (Å²) in [7, 11) is 0. The third kappa shape index (κ3) is 2.91. The summed E-state index contributed by atoms with van der Waals surface area (Å²) in [6.45, 7) is 4.26. The van der Waals surface area contributed by atoms with E-state index < -0.39 is 0 Å². The maximum Gasteiger partial charge on any atom is 0.220 e. The van der Waals surface area contributed by atoms with E-state index in [-0.39, 0.29) is 18.0 Å². The Morgan fingerprint density at radius 3 is 2.89 bits per heavy atom. The summed E-state index contributed by atoms with van der Waals surface area (Å²) in [5, 5.41) is 3.08. The monoisotopic (exact) mass is 246 g/mol. The largest absolute Gasteiger partial charge is 0.348 e. The highest BCUT2D eigenvalue weighted by Gasteiger charge is 2.30. The van der Waals surface area contributed by atoms with Crippen molar-refractivity contribution in [3.05, 3.63) is 35.4 Å². The maximum absolute atomic E-state index is 11.9. The van der Waals surface area contributed by atoms with Crippen molar-refractivity contribution in [1.82, 2.24) is 5.32 Å². The van der Waals surface area contributed by atoms with Gasteiger partial charge in [0.15, 0.2) is 0 Å². The summed E-state index contributed by atoms with van der Waals surface area (Å²) in [4.78, 5) is 11.9. The van der Waals surface area contributed by atoms with Gasteiger partial charge in [-0.1, -0.05) is 38.1 Å². The molecule has 3 nitrogen and oxygen atoms in total. The van der Waals surface area contributed by atoms with Crippen molar-refractivity contribution in [3.8, 4) is 0 Å². The second kappa shape index (κ2) is 5.53. The Balaban J connectivity index is 1.99. The molecule has 18 heavy (non-hydrogen) atoms. The molecule has 3 N–H and O–H groups in total. The van der Waals surface area contributed by atoms with E-state index >= 15 is 0 Å². The van der Waals surface area contributed by atoms with Crippen LogP contribution in [0.3, 0.4) is 0 Å². The first kappa shape index (κ1) is 13.1. The van der Waals surface area contributed by atoms with E-state index in [9.17, 15) is 4.79 Å². The number of carbonyl (C=O) groups excluding carboxylic acids is 1. The van der Waals surface area contributed by atoms with Gasteiger partial charge in [0, 0.05) is 12.5 Å². The number of hydrogen-bond acceptors (Lipinski definition) is 2. The van der Waals surface area contributed by atoms with Gasteiger partial charge in [-0.05, 0) is 29.9 Å². The molecule has 1 aliphatic rings. The second-order valence-electron chi connectivity index (χ2n) is 5.54. The Kier molecular flexibility index (Phi) is 4.02. The summed E-state index contributed by atoms with van der Waals surface area (Å²) >= 11 is 0. The third-order valence-electron chi connectivity index (χ3n) is 3.54. The minimum Gasteiger partial charge on any atom is -0.348 e. The van der Waals surface area contributed by atoms with Gasteiger partial charge in [0.2, 0.25) is 5.91 Å². The quantitative estimate of drug-likeness (QED) is 0.855. The number of hydrogen-bond donors (Lipinski definition) is 2. The van der Waals surface area contributed by atoms with Crippen molar-refractivity contribution < 1.29 is 4.79 Å². The summed E-state index contributed by atoms with van der Waals surface area (Å²) in [6.07, 6.45) is 2.36. The van der Waals surface area contributed by atoms with Crippen LogP contribution in [0.1, 0.15) is 43.9 Å². The zero-order chi connectivity index (χ0) is 13.1. The molecule has 0 heterocycles. The molecule has 0 saturated heterocycles. The Morgan fingerprint density at radius 1 is 1.44 bits per heavy atom. The van der Waals surface area contributed by atoms with Crippen molar-refractivity contribution >= 4 is 5.91 Å². The fourth-order valence-corrected chi connectivity index (χ4v) is 2.48. The van der Waals surface area contributed by atoms with Crippen molar-refractivity contribution in [2.24, 2.45) is 11.7 Å². The van der Waals surface area contributed by atoms with Crippen molar-refractivity contribution in [2.45, 2.75) is 45.2 Å². The number of carbonyl (C=O) groups is 1. The zero-order valence-corrected chi connectivity index (χ0v) is 11.1. The molecular weight excluding hydrogens is 224 g/mol. The van der Waals surface area contributed by atoms with Gasteiger partial charge >= 0.3 is 0 Å². The van der Waals surface area contributed by atoms with Gasteiger partial charge < -0.3 is 11.1 Å². The molecule has 1 aliphatic carbocycles. The highest BCUT2D eigenvalue weighted by Crippen LogP contribution is 2.30. The van der Waals surface area contributed by atoms with Crippen LogP contribution >= 0.6 is 0 Å². The molecule has 0 saturated carbocycles. The maximum atomic E-state index is 11.9. The number of rotatable bonds is 4. The lowest BCUT2D eigenvalue weighted by Gasteiger charge is -2.19. The molecule has 2 atom stereocenters. The first-order valence-corrected chi connectivity index (χ1v) is 6.70. The highest BCUT2D eigenvalue weighted by atomic mass is 16.1. The van der Waals surface area contributed by atoms with Crippen LogP contribution in [-0.2, 0) is 11.2 Å². The molecule has 3 heteroatoms. The molecule has 1 aromatic carbocycles. The minimum atomic E-state index is -0.0131. The highest BCUT2D eigenvalue weighted by molar-refractivity contribution is 5.76. The lowest BCUT2D eigenvalue weighted by atomic mass is 10.1. The first-order chi connectivity index (χ1) is 8.58. The number of nitrogens with one attached hydrogen (secondary N) is 1. The zero-order valence-electron chi connectivity index (χ0n) is 11.1. The summed E-state index contributed by atoms with van der Waals surface area (Å²) in [6, 6.07) is 8.18. The predicted octanol–water partition coefficient (Wildman–Crippen LogP) is 2.16. The standard InChI is InChI=1S/C15H22N2O/c1-10(2)7-8-14(18)17-15-12-6-4-3-5-11(12)9-13(15)16/h3-6,10,13,15H,7-9,16H2,1-2H3,(H,17,18). The van der Waals surface area contributed by atoms with E-state index in [1.54, 1.807) is 0 Å². The molecule has 2 unspecified atom stereocenters. The average Bonchev–Trinajstić information content (AvgIpc) is 2.64. The van der Waals surface area contributed by atoms with Crippen molar-refractivity contribution in [3.63, 3.8) is 0 Å². The fourth-order valence-electron chi connectivity index (χ4n) is 2.48. The molecule has 2 rings (SSSR count). The van der Waals surface area contributed by atoms with Crippen LogP contribution in [0.4, 0.5) is 0 Å². The molecule has 0 aliphatic heterocycles. The van der Waals surface area contributed by atoms with E-state index in [0.29, 0.717) is 12.3 Å². The number of fused-ring (bicyclic) bond motifs is 1. The van der Waals surface area contributed by atoms with Crippen LogP contribution < -0.4 is 11.1 Å². The Labute approximate surface area is 109 Å². The normalized spacial score (nSPS) is 22.0. The first-order valence-electron chi connectivity index (χ1n) is 6.70. The minimum absolute atomic E-state index is 0.00500. The molecule has 1 amide bonds. The van der Waals surface area contributed by atoms with Crippen LogP contribution in [0.5, 0.6) is 0 Å². The van der Waals surface area contributed by atoms with Gasteiger partial charge in [0.25, 0.3) is 0 Å². The molecule has 0 spiro atoms. The van der Waals surface area contributed by atoms with Crippen LogP contribution in [-0.4, -0.2) is 11.9 Å². The van der Waals surface area contributed by atoms with E-state index in [2.05, 4.69) is 31.3 Å². The predicted molar refractivity (Wildman–Crippen MR) is 73.1 cm³/mol. The summed E-state index contributed by atoms with van der Waals surface area (Å²) in [5.41, 5.74) is 8.57. The Bertz CT molecular complexity index is 428. The van der Waals surface area contributed by atoms with E-state index in [0.717, 1.165) is 12.8 Å². The van der Waals surface area contributed by atoms with Crippen molar-refractivity contribution in [2.75, 3.05) is 0 Å². The molecule has 98 valence electrons. The van der Waals surface area contributed by atoms with Gasteiger partial charge in [0.05, 0.1) is 6.04 Å². The average molecular weight is 246 g/mol. The molecule has 0 bridgehead atoms. The molecule has 1 aromatic rings. The lowest BCUT2D eigenvalue weighted by molar-refractivity contribution is -0.122. The van der Waals surface area contributed by atoms with Crippen LogP contribution in [0.25, 0.3) is 0 Å². The van der Waals surface area contributed by atoms with Gasteiger partial charge in [-0.25, -0.2) is 0 Å². The van der Waals surface area contributed by atoms with E-state index in [1.807, 2.05) is 12.1 Å². The fraction of sp³-hybridized carbons (Fsp3) is 0.533. The number of nitrogens with two attached hydrogens (primary N) is 1. The SMILES string of the molecule is CC(C)CCC(=O)NC1c2ccccc2CC1N.